The third-order valence-corrected chi connectivity index (χ3v) is 3.78. The van der Waals surface area contributed by atoms with E-state index in [1.807, 2.05) is 18.2 Å². The number of nitrogens with zero attached hydrogens (tertiary/aromatic N) is 2. The molecule has 0 N–H and O–H groups in total. The van der Waals surface area contributed by atoms with Crippen molar-refractivity contribution < 1.29 is 14.3 Å². The van der Waals surface area contributed by atoms with Crippen LogP contribution in [0.4, 0.5) is 0 Å². The predicted octanol–water partition coefficient (Wildman–Crippen LogP) is 3.20. The average molecular weight is 302 g/mol. The number of ether oxygens (including phenoxy) is 2. The van der Waals surface area contributed by atoms with Crippen LogP contribution >= 0.6 is 11.8 Å². The van der Waals surface area contributed by atoms with E-state index in [1.165, 1.54) is 18.9 Å². The predicted molar refractivity (Wildman–Crippen MR) is 83.3 cm³/mol. The first-order chi connectivity index (χ1) is 10.2. The SMILES string of the molecule is CO/N=C1C=C/C(=C(/C#N)c2ccc(OC)c(OC)c2)S/1. The summed E-state index contributed by atoms with van der Waals surface area (Å²) in [5, 5.41) is 14.0. The summed E-state index contributed by atoms with van der Waals surface area (Å²) in [7, 11) is 4.63. The van der Waals surface area contributed by atoms with E-state index in [0.717, 1.165) is 10.5 Å². The maximum atomic E-state index is 9.45. The molecule has 0 bridgehead atoms. The van der Waals surface area contributed by atoms with Gasteiger partial charge in [0.2, 0.25) is 0 Å². The van der Waals surface area contributed by atoms with Gasteiger partial charge in [-0.25, -0.2) is 0 Å². The van der Waals surface area contributed by atoms with Crippen LogP contribution in [0.1, 0.15) is 5.56 Å². The number of allylic oxidation sites excluding steroid dienone is 2. The molecule has 0 atom stereocenters. The van der Waals surface area contributed by atoms with Gasteiger partial charge in [0.1, 0.15) is 18.2 Å². The third kappa shape index (κ3) is 3.20. The van der Waals surface area contributed by atoms with E-state index in [-0.39, 0.29) is 0 Å². The maximum absolute atomic E-state index is 9.45. The van der Waals surface area contributed by atoms with E-state index in [4.69, 9.17) is 14.3 Å². The van der Waals surface area contributed by atoms with Crippen LogP contribution in [0.2, 0.25) is 0 Å². The second-order valence-corrected chi connectivity index (χ2v) is 5.03. The first kappa shape index (κ1) is 15.0. The molecule has 1 aromatic carbocycles. The molecule has 0 radical (unpaired) electrons. The largest absolute Gasteiger partial charge is 0.493 e. The number of hydrogen-bond donors (Lipinski definition) is 0. The second-order valence-electron chi connectivity index (χ2n) is 3.97. The number of thioether (sulfide) groups is 1. The molecule has 0 unspecified atom stereocenters. The van der Waals surface area contributed by atoms with Crippen LogP contribution in [0.3, 0.4) is 0 Å². The fraction of sp³-hybridized carbons (Fsp3) is 0.200. The molecule has 1 heterocycles. The average Bonchev–Trinajstić information content (AvgIpc) is 2.96. The Kier molecular flexibility index (Phi) is 4.90. The number of methoxy groups -OCH3 is 2. The summed E-state index contributed by atoms with van der Waals surface area (Å²) < 4.78 is 10.5. The molecule has 2 rings (SSSR count). The van der Waals surface area contributed by atoms with Crippen LogP contribution in [0.15, 0.2) is 40.4 Å². The summed E-state index contributed by atoms with van der Waals surface area (Å²) >= 11 is 1.39. The van der Waals surface area contributed by atoms with Gasteiger partial charge in [-0.1, -0.05) is 16.9 Å². The van der Waals surface area contributed by atoms with Crippen molar-refractivity contribution in [2.24, 2.45) is 5.16 Å². The van der Waals surface area contributed by atoms with Crippen LogP contribution in [-0.2, 0) is 4.84 Å². The maximum Gasteiger partial charge on any atom is 0.161 e. The molecule has 1 aliphatic rings. The van der Waals surface area contributed by atoms with Crippen molar-refractivity contribution in [1.29, 1.82) is 5.26 Å². The Morgan fingerprint density at radius 1 is 1.14 bits per heavy atom. The zero-order valence-electron chi connectivity index (χ0n) is 11.9. The van der Waals surface area contributed by atoms with Crippen molar-refractivity contribution in [2.75, 3.05) is 21.3 Å². The minimum atomic E-state index is 0.554. The first-order valence-electron chi connectivity index (χ1n) is 6.07. The van der Waals surface area contributed by atoms with Crippen LogP contribution < -0.4 is 9.47 Å². The molecule has 0 saturated carbocycles. The molecule has 0 aliphatic carbocycles. The lowest BCUT2D eigenvalue weighted by Crippen LogP contribution is -1.93. The smallest absolute Gasteiger partial charge is 0.161 e. The summed E-state index contributed by atoms with van der Waals surface area (Å²) in [4.78, 5) is 5.55. The van der Waals surface area contributed by atoms with E-state index < -0.39 is 0 Å². The molecule has 0 amide bonds. The fourth-order valence-corrected chi connectivity index (χ4v) is 2.73. The number of nitriles is 1. The van der Waals surface area contributed by atoms with Gasteiger partial charge in [-0.05, 0) is 35.9 Å². The normalized spacial score (nSPS) is 17.5. The van der Waals surface area contributed by atoms with Gasteiger partial charge in [0.05, 0.1) is 19.8 Å². The fourth-order valence-electron chi connectivity index (χ4n) is 1.85. The number of hydrogen-bond acceptors (Lipinski definition) is 6. The molecule has 0 aromatic heterocycles. The van der Waals surface area contributed by atoms with Crippen LogP contribution in [0, 0.1) is 11.3 Å². The van der Waals surface area contributed by atoms with Gasteiger partial charge in [-0.3, -0.25) is 0 Å². The molecular weight excluding hydrogens is 288 g/mol. The minimum absolute atomic E-state index is 0.554. The summed E-state index contributed by atoms with van der Waals surface area (Å²) in [6.07, 6.45) is 3.65. The Hall–Kier alpha value is -2.39. The van der Waals surface area contributed by atoms with Gasteiger partial charge in [-0.15, -0.1) is 0 Å². The highest BCUT2D eigenvalue weighted by Crippen LogP contribution is 2.36. The zero-order chi connectivity index (χ0) is 15.2. The van der Waals surface area contributed by atoms with Gasteiger partial charge in [0, 0.05) is 4.91 Å². The van der Waals surface area contributed by atoms with Gasteiger partial charge >= 0.3 is 0 Å². The Morgan fingerprint density at radius 2 is 1.90 bits per heavy atom. The molecule has 5 nitrogen and oxygen atoms in total. The lowest BCUT2D eigenvalue weighted by Gasteiger charge is -2.09. The molecule has 0 spiro atoms. The molecule has 6 heteroatoms. The number of oxime groups is 1. The van der Waals surface area contributed by atoms with Crippen LogP contribution in [0.5, 0.6) is 11.5 Å². The zero-order valence-corrected chi connectivity index (χ0v) is 12.7. The van der Waals surface area contributed by atoms with Crippen molar-refractivity contribution in [3.63, 3.8) is 0 Å². The van der Waals surface area contributed by atoms with Gasteiger partial charge in [0.15, 0.2) is 11.5 Å². The van der Waals surface area contributed by atoms with E-state index >= 15 is 0 Å². The highest BCUT2D eigenvalue weighted by Gasteiger charge is 2.17. The van der Waals surface area contributed by atoms with E-state index in [1.54, 1.807) is 26.4 Å². The molecule has 0 saturated heterocycles. The molecule has 21 heavy (non-hydrogen) atoms. The monoisotopic (exact) mass is 302 g/mol. The standard InChI is InChI=1S/C15H14N2O3S/c1-18-12-5-4-10(8-13(12)19-2)11(9-16)14-6-7-15(21-14)17-20-3/h4-8H,1-3H3/b14-11+,17-15-. The summed E-state index contributed by atoms with van der Waals surface area (Å²) in [5.74, 6) is 1.21. The molecular formula is C15H14N2O3S. The number of benzene rings is 1. The second kappa shape index (κ2) is 6.86. The number of rotatable bonds is 4. The quantitative estimate of drug-likeness (QED) is 0.631. The first-order valence-corrected chi connectivity index (χ1v) is 6.89. The van der Waals surface area contributed by atoms with Crippen molar-refractivity contribution in [3.8, 4) is 17.6 Å². The molecule has 108 valence electrons. The Labute approximate surface area is 127 Å². The summed E-state index contributed by atoms with van der Waals surface area (Å²) in [6, 6.07) is 7.61. The van der Waals surface area contributed by atoms with Crippen molar-refractivity contribution in [2.45, 2.75) is 0 Å². The lowest BCUT2D eigenvalue weighted by atomic mass is 10.1. The summed E-state index contributed by atoms with van der Waals surface area (Å²) in [6.45, 7) is 0. The lowest BCUT2D eigenvalue weighted by molar-refractivity contribution is 0.215. The minimum Gasteiger partial charge on any atom is -0.493 e. The Balaban J connectivity index is 2.42. The van der Waals surface area contributed by atoms with E-state index in [2.05, 4.69) is 11.2 Å². The molecule has 1 aliphatic heterocycles. The van der Waals surface area contributed by atoms with Crippen LogP contribution in [0.25, 0.3) is 5.57 Å². The molecule has 0 fully saturated rings. The van der Waals surface area contributed by atoms with Gasteiger partial charge < -0.3 is 14.3 Å². The molecule has 1 aromatic rings. The topological polar surface area (TPSA) is 63.8 Å². The van der Waals surface area contributed by atoms with E-state index in [9.17, 15) is 5.26 Å². The highest BCUT2D eigenvalue weighted by molar-refractivity contribution is 8.18. The van der Waals surface area contributed by atoms with Gasteiger partial charge in [0.25, 0.3) is 0 Å². The van der Waals surface area contributed by atoms with Crippen molar-refractivity contribution in [3.05, 3.63) is 40.8 Å². The Morgan fingerprint density at radius 3 is 2.52 bits per heavy atom. The summed E-state index contributed by atoms with van der Waals surface area (Å²) in [5.41, 5.74) is 1.32. The van der Waals surface area contributed by atoms with Gasteiger partial charge in [-0.2, -0.15) is 5.26 Å². The van der Waals surface area contributed by atoms with E-state index in [0.29, 0.717) is 22.1 Å². The Bertz CT molecular complexity index is 672. The highest BCUT2D eigenvalue weighted by atomic mass is 32.2. The van der Waals surface area contributed by atoms with Crippen LogP contribution in [-0.4, -0.2) is 26.4 Å². The third-order valence-electron chi connectivity index (χ3n) is 2.80. The van der Waals surface area contributed by atoms with Crippen molar-refractivity contribution in [1.82, 2.24) is 0 Å². The van der Waals surface area contributed by atoms with Crippen molar-refractivity contribution >= 4 is 22.4 Å².